The Bertz CT molecular complexity index is 861. The third-order valence-corrected chi connectivity index (χ3v) is 3.39. The van der Waals surface area contributed by atoms with Crippen molar-refractivity contribution >= 4 is 27.9 Å². The summed E-state index contributed by atoms with van der Waals surface area (Å²) in [6.45, 7) is 0.720. The van der Waals surface area contributed by atoms with Crippen LogP contribution in [0, 0.1) is 0 Å². The Morgan fingerprint density at radius 3 is 2.70 bits per heavy atom. The van der Waals surface area contributed by atoms with Crippen molar-refractivity contribution in [3.05, 3.63) is 60.2 Å². The lowest BCUT2D eigenvalue weighted by atomic mass is 10.2. The second-order valence-corrected chi connectivity index (χ2v) is 4.71. The molecular weight excluding hydrogens is 250 g/mol. The first-order valence-corrected chi connectivity index (χ1v) is 6.55. The van der Waals surface area contributed by atoms with Crippen molar-refractivity contribution in [3.63, 3.8) is 0 Å². The number of hydrogen-bond donors (Lipinski definition) is 2. The Hall–Kier alpha value is -2.75. The van der Waals surface area contributed by atoms with E-state index in [1.807, 2.05) is 42.5 Å². The maximum absolute atomic E-state index is 5.86. The molecule has 2 heterocycles. The molecule has 0 spiro atoms. The Morgan fingerprint density at radius 1 is 1.00 bits per heavy atom. The summed E-state index contributed by atoms with van der Waals surface area (Å²) in [5.41, 5.74) is 3.80. The van der Waals surface area contributed by atoms with E-state index in [1.54, 1.807) is 0 Å². The molecule has 2 aromatic heterocycles. The van der Waals surface area contributed by atoms with Crippen LogP contribution in [0.4, 0.5) is 5.82 Å². The summed E-state index contributed by atoms with van der Waals surface area (Å²) in [6, 6.07) is 18.2. The van der Waals surface area contributed by atoms with Crippen molar-refractivity contribution in [2.75, 3.05) is 5.32 Å². The molecule has 2 aromatic carbocycles. The van der Waals surface area contributed by atoms with Gasteiger partial charge in [0.15, 0.2) is 11.4 Å². The van der Waals surface area contributed by atoms with Crippen LogP contribution in [0.5, 0.6) is 0 Å². The highest BCUT2D eigenvalue weighted by atomic mass is 16.3. The Balaban J connectivity index is 1.70. The standard InChI is InChI=1S/C16H13N3O/c1-2-6-11(7-3-1)10-17-16-15-14(18-19-16)12-8-4-5-9-13(12)20-15/h1-9H,10H2,(H2,17,18,19). The molecule has 0 saturated heterocycles. The van der Waals surface area contributed by atoms with Crippen molar-refractivity contribution in [2.24, 2.45) is 0 Å². The van der Waals surface area contributed by atoms with Gasteiger partial charge in [0.05, 0.1) is 0 Å². The summed E-state index contributed by atoms with van der Waals surface area (Å²) in [4.78, 5) is 0. The summed E-state index contributed by atoms with van der Waals surface area (Å²) >= 11 is 0. The number of benzene rings is 2. The van der Waals surface area contributed by atoms with E-state index in [0.717, 1.165) is 34.4 Å². The van der Waals surface area contributed by atoms with Crippen LogP contribution in [-0.4, -0.2) is 10.2 Å². The number of anilines is 1. The van der Waals surface area contributed by atoms with Gasteiger partial charge < -0.3 is 9.73 Å². The number of rotatable bonds is 3. The third-order valence-electron chi connectivity index (χ3n) is 3.39. The number of H-pyrrole nitrogens is 1. The zero-order valence-corrected chi connectivity index (χ0v) is 10.8. The largest absolute Gasteiger partial charge is 0.450 e. The Kier molecular flexibility index (Phi) is 2.45. The van der Waals surface area contributed by atoms with Gasteiger partial charge in [-0.05, 0) is 17.7 Å². The predicted molar refractivity (Wildman–Crippen MR) is 79.6 cm³/mol. The summed E-state index contributed by atoms with van der Waals surface area (Å²) < 4.78 is 5.86. The van der Waals surface area contributed by atoms with Crippen molar-refractivity contribution in [3.8, 4) is 0 Å². The number of aromatic amines is 1. The van der Waals surface area contributed by atoms with Gasteiger partial charge in [0.2, 0.25) is 0 Å². The minimum Gasteiger partial charge on any atom is -0.450 e. The van der Waals surface area contributed by atoms with Gasteiger partial charge in [0.1, 0.15) is 11.1 Å². The van der Waals surface area contributed by atoms with Crippen LogP contribution in [0.3, 0.4) is 0 Å². The first-order valence-electron chi connectivity index (χ1n) is 6.55. The molecule has 0 saturated carbocycles. The van der Waals surface area contributed by atoms with Crippen LogP contribution < -0.4 is 5.32 Å². The molecule has 0 amide bonds. The topological polar surface area (TPSA) is 53.9 Å². The minimum atomic E-state index is 0.720. The molecule has 0 aliphatic rings. The molecule has 98 valence electrons. The van der Waals surface area contributed by atoms with Crippen molar-refractivity contribution in [1.29, 1.82) is 0 Å². The zero-order valence-electron chi connectivity index (χ0n) is 10.8. The molecule has 0 unspecified atom stereocenters. The van der Waals surface area contributed by atoms with Crippen LogP contribution in [0.1, 0.15) is 5.56 Å². The van der Waals surface area contributed by atoms with Gasteiger partial charge in [-0.3, -0.25) is 5.10 Å². The average molecular weight is 263 g/mol. The van der Waals surface area contributed by atoms with E-state index in [1.165, 1.54) is 5.56 Å². The summed E-state index contributed by atoms with van der Waals surface area (Å²) in [5.74, 6) is 0.750. The average Bonchev–Trinajstić information content (AvgIpc) is 3.05. The summed E-state index contributed by atoms with van der Waals surface area (Å²) in [5, 5.41) is 11.7. The zero-order chi connectivity index (χ0) is 13.4. The maximum Gasteiger partial charge on any atom is 0.197 e. The molecule has 0 bridgehead atoms. The quantitative estimate of drug-likeness (QED) is 0.589. The van der Waals surface area contributed by atoms with E-state index in [-0.39, 0.29) is 0 Å². The Morgan fingerprint density at radius 2 is 1.80 bits per heavy atom. The lowest BCUT2D eigenvalue weighted by Crippen LogP contribution is -1.99. The predicted octanol–water partition coefficient (Wildman–Crippen LogP) is 3.92. The van der Waals surface area contributed by atoms with E-state index in [0.29, 0.717) is 0 Å². The number of fused-ring (bicyclic) bond motifs is 3. The van der Waals surface area contributed by atoms with Gasteiger partial charge in [-0.1, -0.05) is 42.5 Å². The molecule has 0 fully saturated rings. The molecule has 4 nitrogen and oxygen atoms in total. The number of aromatic nitrogens is 2. The highest BCUT2D eigenvalue weighted by molar-refractivity contribution is 6.05. The minimum absolute atomic E-state index is 0.720. The van der Waals surface area contributed by atoms with Gasteiger partial charge in [-0.25, -0.2) is 0 Å². The van der Waals surface area contributed by atoms with Gasteiger partial charge >= 0.3 is 0 Å². The maximum atomic E-state index is 5.86. The molecule has 4 rings (SSSR count). The fourth-order valence-corrected chi connectivity index (χ4v) is 2.39. The Labute approximate surface area is 115 Å². The molecule has 4 aromatic rings. The number of furan rings is 1. The van der Waals surface area contributed by atoms with Crippen LogP contribution in [0.25, 0.3) is 22.1 Å². The van der Waals surface area contributed by atoms with Gasteiger partial charge in [-0.15, -0.1) is 0 Å². The normalized spacial score (nSPS) is 11.2. The van der Waals surface area contributed by atoms with E-state index < -0.39 is 0 Å². The first kappa shape index (κ1) is 11.1. The fourth-order valence-electron chi connectivity index (χ4n) is 2.39. The molecule has 2 N–H and O–H groups in total. The number of nitrogens with zero attached hydrogens (tertiary/aromatic N) is 1. The third kappa shape index (κ3) is 1.73. The first-order chi connectivity index (χ1) is 9.92. The highest BCUT2D eigenvalue weighted by Crippen LogP contribution is 2.31. The lowest BCUT2D eigenvalue weighted by molar-refractivity contribution is 0.669. The van der Waals surface area contributed by atoms with Crippen molar-refractivity contribution in [1.82, 2.24) is 10.2 Å². The molecule has 20 heavy (non-hydrogen) atoms. The lowest BCUT2D eigenvalue weighted by Gasteiger charge is -2.02. The second-order valence-electron chi connectivity index (χ2n) is 4.71. The van der Waals surface area contributed by atoms with E-state index in [4.69, 9.17) is 4.42 Å². The molecule has 0 aliphatic heterocycles. The van der Waals surface area contributed by atoms with Gasteiger partial charge in [0.25, 0.3) is 0 Å². The smallest absolute Gasteiger partial charge is 0.197 e. The van der Waals surface area contributed by atoms with E-state index >= 15 is 0 Å². The molecule has 4 heteroatoms. The van der Waals surface area contributed by atoms with Crippen LogP contribution in [0.2, 0.25) is 0 Å². The molecular formula is C16H13N3O. The fraction of sp³-hybridized carbons (Fsp3) is 0.0625. The monoisotopic (exact) mass is 263 g/mol. The SMILES string of the molecule is c1ccc(CNc2n[nH]c3c2oc2ccccc23)cc1. The van der Waals surface area contributed by atoms with Gasteiger partial charge in [-0.2, -0.15) is 5.10 Å². The van der Waals surface area contributed by atoms with Crippen molar-refractivity contribution < 1.29 is 4.42 Å². The van der Waals surface area contributed by atoms with Crippen molar-refractivity contribution in [2.45, 2.75) is 6.54 Å². The van der Waals surface area contributed by atoms with Gasteiger partial charge in [0, 0.05) is 11.9 Å². The summed E-state index contributed by atoms with van der Waals surface area (Å²) in [6.07, 6.45) is 0. The molecule has 0 aliphatic carbocycles. The van der Waals surface area contributed by atoms with Crippen LogP contribution in [0.15, 0.2) is 59.0 Å². The second kappa shape index (κ2) is 4.42. The summed E-state index contributed by atoms with van der Waals surface area (Å²) in [7, 11) is 0. The number of hydrogen-bond acceptors (Lipinski definition) is 3. The van der Waals surface area contributed by atoms with E-state index in [9.17, 15) is 0 Å². The number of para-hydroxylation sites is 1. The molecule has 0 radical (unpaired) electrons. The number of nitrogens with one attached hydrogen (secondary N) is 2. The van der Waals surface area contributed by atoms with Crippen LogP contribution in [-0.2, 0) is 6.54 Å². The van der Waals surface area contributed by atoms with Crippen LogP contribution >= 0.6 is 0 Å². The highest BCUT2D eigenvalue weighted by Gasteiger charge is 2.13. The molecule has 0 atom stereocenters. The van der Waals surface area contributed by atoms with E-state index in [2.05, 4.69) is 27.6 Å².